The molecule has 28 heavy (non-hydrogen) atoms. The van der Waals surface area contributed by atoms with Crippen molar-refractivity contribution >= 4 is 23.4 Å². The van der Waals surface area contributed by atoms with Crippen molar-refractivity contribution in [2.75, 3.05) is 6.61 Å². The van der Waals surface area contributed by atoms with Crippen LogP contribution < -0.4 is 15.4 Å². The molecule has 0 aliphatic heterocycles. The number of carbonyl (C=O) groups is 2. The number of ether oxygens (including phenoxy) is 1. The van der Waals surface area contributed by atoms with Gasteiger partial charge in [0.2, 0.25) is 5.91 Å². The molecule has 0 heterocycles. The van der Waals surface area contributed by atoms with Gasteiger partial charge in [-0.3, -0.25) is 9.59 Å². The van der Waals surface area contributed by atoms with Crippen LogP contribution in [-0.2, 0) is 4.79 Å². The molecule has 0 aliphatic rings. The molecule has 0 aliphatic carbocycles. The Labute approximate surface area is 171 Å². The first-order valence-electron chi connectivity index (χ1n) is 9.41. The molecule has 0 radical (unpaired) electrons. The van der Waals surface area contributed by atoms with Gasteiger partial charge in [-0.2, -0.15) is 0 Å². The Morgan fingerprint density at radius 3 is 2.29 bits per heavy atom. The highest BCUT2D eigenvalue weighted by atomic mass is 35.5. The molecule has 0 bridgehead atoms. The van der Waals surface area contributed by atoms with Crippen LogP contribution in [0.15, 0.2) is 48.5 Å². The molecule has 2 unspecified atom stereocenters. The summed E-state index contributed by atoms with van der Waals surface area (Å²) in [5.74, 6) is 0.0971. The summed E-state index contributed by atoms with van der Waals surface area (Å²) in [5, 5.41) is 6.40. The van der Waals surface area contributed by atoms with Gasteiger partial charge in [-0.15, -0.1) is 0 Å². The van der Waals surface area contributed by atoms with Gasteiger partial charge in [0.05, 0.1) is 12.6 Å². The highest BCUT2D eigenvalue weighted by molar-refractivity contribution is 6.30. The third-order valence-corrected chi connectivity index (χ3v) is 4.61. The molecular weight excluding hydrogens is 376 g/mol. The molecule has 5 nitrogen and oxygen atoms in total. The Morgan fingerprint density at radius 2 is 1.71 bits per heavy atom. The Hall–Kier alpha value is -2.53. The molecule has 150 valence electrons. The SMILES string of the molecule is CCOc1ccc(C(=O)NC(C(=O)NC(C)c2cccc(Cl)c2)C(C)C)cc1. The lowest BCUT2D eigenvalue weighted by Gasteiger charge is -2.24. The lowest BCUT2D eigenvalue weighted by atomic mass is 10.0. The Balaban J connectivity index is 2.05. The number of halogens is 1. The van der Waals surface area contributed by atoms with E-state index in [1.807, 2.05) is 45.9 Å². The molecule has 0 aromatic heterocycles. The van der Waals surface area contributed by atoms with Gasteiger partial charge in [0.25, 0.3) is 5.91 Å². The molecule has 2 N–H and O–H groups in total. The van der Waals surface area contributed by atoms with E-state index < -0.39 is 6.04 Å². The molecule has 0 saturated heterocycles. The summed E-state index contributed by atoms with van der Waals surface area (Å²) >= 11 is 6.03. The molecule has 2 amide bonds. The van der Waals surface area contributed by atoms with E-state index in [0.717, 1.165) is 5.56 Å². The largest absolute Gasteiger partial charge is 0.494 e. The quantitative estimate of drug-likeness (QED) is 0.688. The molecule has 2 aromatic rings. The average molecular weight is 403 g/mol. The summed E-state index contributed by atoms with van der Waals surface area (Å²) in [6.07, 6.45) is 0. The first kappa shape index (κ1) is 21.8. The summed E-state index contributed by atoms with van der Waals surface area (Å²) in [5.41, 5.74) is 1.38. The maximum absolute atomic E-state index is 12.8. The van der Waals surface area contributed by atoms with Crippen LogP contribution in [0, 0.1) is 5.92 Å². The minimum Gasteiger partial charge on any atom is -0.494 e. The van der Waals surface area contributed by atoms with Gasteiger partial charge in [-0.25, -0.2) is 0 Å². The minimum absolute atomic E-state index is 0.0711. The predicted octanol–water partition coefficient (Wildman–Crippen LogP) is 4.37. The minimum atomic E-state index is -0.652. The fraction of sp³-hybridized carbons (Fsp3) is 0.364. The maximum atomic E-state index is 12.8. The van der Waals surface area contributed by atoms with Crippen molar-refractivity contribution in [2.24, 2.45) is 5.92 Å². The average Bonchev–Trinajstić information content (AvgIpc) is 2.66. The van der Waals surface area contributed by atoms with E-state index in [4.69, 9.17) is 16.3 Å². The van der Waals surface area contributed by atoms with E-state index in [-0.39, 0.29) is 23.8 Å². The zero-order valence-electron chi connectivity index (χ0n) is 16.7. The fourth-order valence-electron chi connectivity index (χ4n) is 2.79. The van der Waals surface area contributed by atoms with E-state index in [9.17, 15) is 9.59 Å². The lowest BCUT2D eigenvalue weighted by molar-refractivity contribution is -0.124. The highest BCUT2D eigenvalue weighted by Crippen LogP contribution is 2.18. The number of amides is 2. The number of nitrogens with one attached hydrogen (secondary N) is 2. The summed E-state index contributed by atoms with van der Waals surface area (Å²) < 4.78 is 5.39. The fourth-order valence-corrected chi connectivity index (χ4v) is 2.99. The second kappa shape index (κ2) is 10.1. The highest BCUT2D eigenvalue weighted by Gasteiger charge is 2.26. The Kier molecular flexibility index (Phi) is 7.88. The van der Waals surface area contributed by atoms with Crippen LogP contribution >= 0.6 is 11.6 Å². The first-order valence-corrected chi connectivity index (χ1v) is 9.79. The van der Waals surface area contributed by atoms with Crippen LogP contribution in [0.1, 0.15) is 49.7 Å². The van der Waals surface area contributed by atoms with Crippen LogP contribution in [0.25, 0.3) is 0 Å². The van der Waals surface area contributed by atoms with Crippen molar-refractivity contribution in [3.05, 3.63) is 64.7 Å². The van der Waals surface area contributed by atoms with E-state index in [1.54, 1.807) is 30.3 Å². The maximum Gasteiger partial charge on any atom is 0.251 e. The van der Waals surface area contributed by atoms with Crippen LogP contribution in [0.2, 0.25) is 5.02 Å². The topological polar surface area (TPSA) is 67.4 Å². The molecule has 2 rings (SSSR count). The van der Waals surface area contributed by atoms with E-state index in [0.29, 0.717) is 22.9 Å². The normalized spacial score (nSPS) is 12.9. The third-order valence-electron chi connectivity index (χ3n) is 4.37. The second-order valence-corrected chi connectivity index (χ2v) is 7.37. The number of hydrogen-bond acceptors (Lipinski definition) is 3. The van der Waals surface area contributed by atoms with Gasteiger partial charge >= 0.3 is 0 Å². The number of benzene rings is 2. The molecule has 0 saturated carbocycles. The standard InChI is InChI=1S/C22H27ClN2O3/c1-5-28-19-11-9-16(10-12-19)21(26)25-20(14(2)3)22(27)24-15(4)17-7-6-8-18(23)13-17/h6-15,20H,5H2,1-4H3,(H,24,27)(H,25,26). The Bertz CT molecular complexity index is 806. The predicted molar refractivity (Wildman–Crippen MR) is 112 cm³/mol. The van der Waals surface area contributed by atoms with Crippen LogP contribution in [0.3, 0.4) is 0 Å². The monoisotopic (exact) mass is 402 g/mol. The van der Waals surface area contributed by atoms with Gasteiger partial charge in [0.15, 0.2) is 0 Å². The number of hydrogen-bond donors (Lipinski definition) is 2. The van der Waals surface area contributed by atoms with E-state index >= 15 is 0 Å². The van der Waals surface area contributed by atoms with E-state index in [1.165, 1.54) is 0 Å². The van der Waals surface area contributed by atoms with Crippen LogP contribution in [0.4, 0.5) is 0 Å². The van der Waals surface area contributed by atoms with Gasteiger partial charge < -0.3 is 15.4 Å². The van der Waals surface area contributed by atoms with Gasteiger partial charge in [-0.1, -0.05) is 37.6 Å². The molecule has 2 aromatic carbocycles. The Morgan fingerprint density at radius 1 is 1.04 bits per heavy atom. The van der Waals surface area contributed by atoms with Gasteiger partial charge in [0.1, 0.15) is 11.8 Å². The van der Waals surface area contributed by atoms with Crippen molar-refractivity contribution in [1.82, 2.24) is 10.6 Å². The summed E-state index contributed by atoms with van der Waals surface area (Å²) in [6, 6.07) is 13.3. The van der Waals surface area contributed by atoms with Crippen LogP contribution in [0.5, 0.6) is 5.75 Å². The van der Waals surface area contributed by atoms with Crippen molar-refractivity contribution < 1.29 is 14.3 Å². The molecule has 0 fully saturated rings. The van der Waals surface area contributed by atoms with Crippen molar-refractivity contribution in [1.29, 1.82) is 0 Å². The summed E-state index contributed by atoms with van der Waals surface area (Å²) in [6.45, 7) is 8.14. The first-order chi connectivity index (χ1) is 13.3. The smallest absolute Gasteiger partial charge is 0.251 e. The van der Waals surface area contributed by atoms with Crippen molar-refractivity contribution in [2.45, 2.75) is 39.8 Å². The molecule has 0 spiro atoms. The van der Waals surface area contributed by atoms with Gasteiger partial charge in [-0.05, 0) is 61.7 Å². The van der Waals surface area contributed by atoms with Gasteiger partial charge in [0, 0.05) is 10.6 Å². The second-order valence-electron chi connectivity index (χ2n) is 6.94. The molecule has 2 atom stereocenters. The van der Waals surface area contributed by atoms with E-state index in [2.05, 4.69) is 10.6 Å². The molecular formula is C22H27ClN2O3. The zero-order chi connectivity index (χ0) is 20.7. The zero-order valence-corrected chi connectivity index (χ0v) is 17.4. The van der Waals surface area contributed by atoms with Crippen LogP contribution in [-0.4, -0.2) is 24.5 Å². The third kappa shape index (κ3) is 5.99. The lowest BCUT2D eigenvalue weighted by Crippen LogP contribution is -2.50. The summed E-state index contributed by atoms with van der Waals surface area (Å²) in [7, 11) is 0. The van der Waals surface area contributed by atoms with Crippen molar-refractivity contribution in [3.63, 3.8) is 0 Å². The number of rotatable bonds is 8. The summed E-state index contributed by atoms with van der Waals surface area (Å²) in [4.78, 5) is 25.4. The number of carbonyl (C=O) groups excluding carboxylic acids is 2. The van der Waals surface area contributed by atoms with Crippen molar-refractivity contribution in [3.8, 4) is 5.75 Å². The molecule has 6 heteroatoms.